The molecule has 0 unspecified atom stereocenters. The van der Waals surface area contributed by atoms with Crippen molar-refractivity contribution in [2.24, 2.45) is 0 Å². The van der Waals surface area contributed by atoms with Gasteiger partial charge in [-0.3, -0.25) is 0 Å². The second kappa shape index (κ2) is 6.63. The van der Waals surface area contributed by atoms with E-state index in [1.165, 1.54) is 24.3 Å². The number of benzene rings is 2. The second-order valence-corrected chi connectivity index (χ2v) is 4.85. The highest BCUT2D eigenvalue weighted by atomic mass is 35.5. The van der Waals surface area contributed by atoms with Gasteiger partial charge in [0.05, 0.1) is 10.7 Å². The fourth-order valence-electron chi connectivity index (χ4n) is 1.55. The third kappa shape index (κ3) is 3.88. The van der Waals surface area contributed by atoms with E-state index < -0.39 is 5.82 Å². The molecule has 20 heavy (non-hydrogen) atoms. The van der Waals surface area contributed by atoms with E-state index in [-0.39, 0.29) is 21.6 Å². The molecule has 0 aliphatic carbocycles. The van der Waals surface area contributed by atoms with Crippen molar-refractivity contribution in [3.63, 3.8) is 0 Å². The van der Waals surface area contributed by atoms with Crippen LogP contribution in [0.2, 0.25) is 5.02 Å². The number of thiocarbonyl (C=S) groups is 1. The normalized spacial score (nSPS) is 10.2. The molecule has 0 spiro atoms. The maximum Gasteiger partial charge on any atom is 0.171 e. The van der Waals surface area contributed by atoms with Crippen molar-refractivity contribution in [3.8, 4) is 0 Å². The quantitative estimate of drug-likeness (QED) is 0.834. The van der Waals surface area contributed by atoms with Crippen molar-refractivity contribution in [1.29, 1.82) is 0 Å². The van der Waals surface area contributed by atoms with Crippen LogP contribution >= 0.6 is 23.8 Å². The predicted molar refractivity (Wildman–Crippen MR) is 80.9 cm³/mol. The zero-order valence-electron chi connectivity index (χ0n) is 10.3. The lowest BCUT2D eigenvalue weighted by Gasteiger charge is -2.11. The molecule has 0 aromatic heterocycles. The van der Waals surface area contributed by atoms with Gasteiger partial charge in [-0.25, -0.2) is 8.78 Å². The van der Waals surface area contributed by atoms with Gasteiger partial charge in [-0.1, -0.05) is 29.8 Å². The molecule has 0 fully saturated rings. The maximum atomic E-state index is 13.6. The zero-order valence-corrected chi connectivity index (χ0v) is 11.9. The highest BCUT2D eigenvalue weighted by Gasteiger charge is 2.07. The largest absolute Gasteiger partial charge is 0.358 e. The number of halogens is 3. The average Bonchev–Trinajstić information content (AvgIpc) is 2.43. The first-order chi connectivity index (χ1) is 9.56. The van der Waals surface area contributed by atoms with Crippen LogP contribution in [0.25, 0.3) is 0 Å². The van der Waals surface area contributed by atoms with Gasteiger partial charge in [-0.05, 0) is 42.0 Å². The predicted octanol–water partition coefficient (Wildman–Crippen LogP) is 4.10. The third-order valence-electron chi connectivity index (χ3n) is 2.57. The van der Waals surface area contributed by atoms with E-state index in [4.69, 9.17) is 23.8 Å². The number of rotatable bonds is 3. The van der Waals surface area contributed by atoms with Crippen molar-refractivity contribution in [3.05, 3.63) is 64.7 Å². The lowest BCUT2D eigenvalue weighted by molar-refractivity contribution is 0.626. The molecule has 0 atom stereocenters. The summed E-state index contributed by atoms with van der Waals surface area (Å²) < 4.78 is 26.4. The zero-order chi connectivity index (χ0) is 14.5. The SMILES string of the molecule is Fc1ccc(CNC(=S)Nc2cccc(Cl)c2F)cc1. The molecule has 0 amide bonds. The topological polar surface area (TPSA) is 24.1 Å². The minimum absolute atomic E-state index is 0.0244. The van der Waals surface area contributed by atoms with Gasteiger partial charge in [0.1, 0.15) is 5.82 Å². The first-order valence-corrected chi connectivity index (χ1v) is 6.58. The molecular weight excluding hydrogens is 302 g/mol. The van der Waals surface area contributed by atoms with Crippen LogP contribution in [0.1, 0.15) is 5.56 Å². The summed E-state index contributed by atoms with van der Waals surface area (Å²) in [6, 6.07) is 10.6. The molecule has 0 aliphatic rings. The van der Waals surface area contributed by atoms with E-state index >= 15 is 0 Å². The number of hydrogen-bond donors (Lipinski definition) is 2. The molecule has 0 radical (unpaired) electrons. The van der Waals surface area contributed by atoms with Gasteiger partial charge in [0.2, 0.25) is 0 Å². The smallest absolute Gasteiger partial charge is 0.171 e. The summed E-state index contributed by atoms with van der Waals surface area (Å²) in [5.74, 6) is -0.851. The van der Waals surface area contributed by atoms with Crippen LogP contribution < -0.4 is 10.6 Å². The van der Waals surface area contributed by atoms with E-state index in [1.807, 2.05) is 0 Å². The first kappa shape index (κ1) is 14.7. The van der Waals surface area contributed by atoms with Crippen molar-refractivity contribution >= 4 is 34.6 Å². The summed E-state index contributed by atoms with van der Waals surface area (Å²) >= 11 is 10.7. The van der Waals surface area contributed by atoms with Crippen molar-refractivity contribution in [2.45, 2.75) is 6.54 Å². The molecule has 2 aromatic carbocycles. The van der Waals surface area contributed by atoms with E-state index in [1.54, 1.807) is 18.2 Å². The summed E-state index contributed by atoms with van der Waals surface area (Å²) in [5, 5.41) is 5.91. The summed E-state index contributed by atoms with van der Waals surface area (Å²) in [4.78, 5) is 0. The van der Waals surface area contributed by atoms with E-state index in [0.29, 0.717) is 6.54 Å². The molecule has 104 valence electrons. The number of anilines is 1. The third-order valence-corrected chi connectivity index (χ3v) is 3.10. The van der Waals surface area contributed by atoms with Gasteiger partial charge in [0.15, 0.2) is 10.9 Å². The first-order valence-electron chi connectivity index (χ1n) is 5.79. The lowest BCUT2D eigenvalue weighted by Crippen LogP contribution is -2.28. The van der Waals surface area contributed by atoms with Crippen LogP contribution in [-0.2, 0) is 6.54 Å². The summed E-state index contributed by atoms with van der Waals surface area (Å²) in [5.41, 5.74) is 1.07. The molecule has 0 aliphatic heterocycles. The Morgan fingerprint density at radius 1 is 1.10 bits per heavy atom. The Morgan fingerprint density at radius 3 is 2.50 bits per heavy atom. The Labute approximate surface area is 125 Å². The van der Waals surface area contributed by atoms with Gasteiger partial charge in [-0.2, -0.15) is 0 Å². The molecule has 6 heteroatoms. The lowest BCUT2D eigenvalue weighted by atomic mass is 10.2. The van der Waals surface area contributed by atoms with Crippen LogP contribution in [-0.4, -0.2) is 5.11 Å². The number of nitrogens with one attached hydrogen (secondary N) is 2. The summed E-state index contributed by atoms with van der Waals surface area (Å²) in [6.45, 7) is 0.411. The van der Waals surface area contributed by atoms with Gasteiger partial charge < -0.3 is 10.6 Å². The Bertz CT molecular complexity index is 617. The van der Waals surface area contributed by atoms with E-state index in [2.05, 4.69) is 10.6 Å². The van der Waals surface area contributed by atoms with Crippen LogP contribution in [0.15, 0.2) is 42.5 Å². The van der Waals surface area contributed by atoms with Crippen molar-refractivity contribution in [1.82, 2.24) is 5.32 Å². The minimum atomic E-state index is -0.555. The van der Waals surface area contributed by atoms with Gasteiger partial charge >= 0.3 is 0 Å². The molecule has 0 saturated heterocycles. The summed E-state index contributed by atoms with van der Waals surface area (Å²) in [7, 11) is 0. The van der Waals surface area contributed by atoms with Crippen LogP contribution in [0.4, 0.5) is 14.5 Å². The maximum absolute atomic E-state index is 13.6. The monoisotopic (exact) mass is 312 g/mol. The molecule has 0 saturated carbocycles. The Balaban J connectivity index is 1.92. The molecule has 0 heterocycles. The van der Waals surface area contributed by atoms with E-state index in [9.17, 15) is 8.78 Å². The van der Waals surface area contributed by atoms with Gasteiger partial charge in [0, 0.05) is 6.54 Å². The Morgan fingerprint density at radius 2 is 1.80 bits per heavy atom. The highest BCUT2D eigenvalue weighted by molar-refractivity contribution is 7.80. The fourth-order valence-corrected chi connectivity index (χ4v) is 1.91. The standard InChI is InChI=1S/C14H11ClF2N2S/c15-11-2-1-3-12(13(11)17)19-14(20)18-8-9-4-6-10(16)7-5-9/h1-7H,8H2,(H2,18,19,20). The minimum Gasteiger partial charge on any atom is -0.358 e. The number of hydrogen-bond acceptors (Lipinski definition) is 1. The Kier molecular flexibility index (Phi) is 4.87. The fraction of sp³-hybridized carbons (Fsp3) is 0.0714. The molecule has 0 bridgehead atoms. The van der Waals surface area contributed by atoms with E-state index in [0.717, 1.165) is 5.56 Å². The molecule has 2 nitrogen and oxygen atoms in total. The van der Waals surface area contributed by atoms with Crippen LogP contribution in [0.5, 0.6) is 0 Å². The van der Waals surface area contributed by atoms with Crippen molar-refractivity contribution < 1.29 is 8.78 Å². The second-order valence-electron chi connectivity index (χ2n) is 4.04. The van der Waals surface area contributed by atoms with Gasteiger partial charge in [-0.15, -0.1) is 0 Å². The summed E-state index contributed by atoms with van der Waals surface area (Å²) in [6.07, 6.45) is 0. The molecule has 2 aromatic rings. The average molecular weight is 313 g/mol. The molecular formula is C14H11ClF2N2S. The van der Waals surface area contributed by atoms with Crippen LogP contribution in [0, 0.1) is 11.6 Å². The van der Waals surface area contributed by atoms with Crippen molar-refractivity contribution in [2.75, 3.05) is 5.32 Å². The highest BCUT2D eigenvalue weighted by Crippen LogP contribution is 2.21. The van der Waals surface area contributed by atoms with Crippen LogP contribution in [0.3, 0.4) is 0 Å². The molecule has 2 N–H and O–H groups in total. The Hall–Kier alpha value is -1.72. The molecule has 2 rings (SSSR count). The van der Waals surface area contributed by atoms with Gasteiger partial charge in [0.25, 0.3) is 0 Å².